The fourth-order valence-electron chi connectivity index (χ4n) is 6.28. The molecule has 1 spiro atoms. The molecule has 2 bridgehead atoms. The predicted octanol–water partition coefficient (Wildman–Crippen LogP) is 3.76. The third kappa shape index (κ3) is 4.95. The predicted molar refractivity (Wildman–Crippen MR) is 149 cm³/mol. The second kappa shape index (κ2) is 11.6. The lowest BCUT2D eigenvalue weighted by atomic mass is 9.70. The molecule has 1 N–H and O–H groups in total. The van der Waals surface area contributed by atoms with Crippen molar-refractivity contribution in [2.45, 2.75) is 48.1 Å². The molecule has 5 atom stereocenters. The van der Waals surface area contributed by atoms with Crippen LogP contribution in [0.2, 0.25) is 5.02 Å². The Balaban J connectivity index is 1.72. The molecular weight excluding hydrogens is 510 g/mol. The van der Waals surface area contributed by atoms with Crippen molar-refractivity contribution in [1.29, 1.82) is 0 Å². The fourth-order valence-corrected chi connectivity index (χ4v) is 8.62. The highest BCUT2D eigenvalue weighted by molar-refractivity contribution is 8.02. The summed E-state index contributed by atoms with van der Waals surface area (Å²) in [5.74, 6) is -1.28. The van der Waals surface area contributed by atoms with E-state index >= 15 is 0 Å². The Hall–Kier alpha value is -2.29. The summed E-state index contributed by atoms with van der Waals surface area (Å²) in [6.07, 6.45) is 6.98. The molecule has 3 heterocycles. The van der Waals surface area contributed by atoms with E-state index in [2.05, 4.69) is 13.2 Å². The van der Waals surface area contributed by atoms with Crippen LogP contribution in [-0.4, -0.2) is 82.0 Å². The van der Waals surface area contributed by atoms with Crippen molar-refractivity contribution in [2.24, 2.45) is 11.8 Å². The molecule has 4 rings (SSSR count). The van der Waals surface area contributed by atoms with Crippen molar-refractivity contribution in [3.63, 3.8) is 0 Å². The summed E-state index contributed by atoms with van der Waals surface area (Å²) in [7, 11) is 1.74. The summed E-state index contributed by atoms with van der Waals surface area (Å²) in [5.41, 5.74) is 0.692. The quantitative estimate of drug-likeness (QED) is 0.319. The molecule has 0 aliphatic carbocycles. The van der Waals surface area contributed by atoms with Crippen molar-refractivity contribution < 1.29 is 19.5 Å². The molecule has 3 saturated heterocycles. The number of fused-ring (bicyclic) bond motifs is 1. The number of likely N-dealkylation sites (N-methyl/N-ethyl adjacent to an activating group) is 1. The van der Waals surface area contributed by atoms with E-state index in [1.807, 2.05) is 0 Å². The van der Waals surface area contributed by atoms with Crippen LogP contribution in [0.3, 0.4) is 0 Å². The lowest BCUT2D eigenvalue weighted by Gasteiger charge is -2.37. The Labute approximate surface area is 228 Å². The molecule has 1 aromatic carbocycles. The van der Waals surface area contributed by atoms with E-state index in [4.69, 9.17) is 11.6 Å². The maximum Gasteiger partial charge on any atom is 0.251 e. The topological polar surface area (TPSA) is 81.2 Å². The number of halogens is 1. The van der Waals surface area contributed by atoms with Crippen molar-refractivity contribution in [2.75, 3.05) is 38.2 Å². The number of carbonyl (C=O) groups is 3. The molecule has 1 aromatic rings. The Kier molecular flexibility index (Phi) is 8.71. The number of amides is 3. The van der Waals surface area contributed by atoms with E-state index < -0.39 is 22.6 Å². The number of hydrogen-bond donors (Lipinski definition) is 1. The maximum absolute atomic E-state index is 14.4. The number of anilines is 1. The van der Waals surface area contributed by atoms with Gasteiger partial charge in [-0.2, -0.15) is 0 Å². The van der Waals surface area contributed by atoms with Gasteiger partial charge in [0.15, 0.2) is 0 Å². The summed E-state index contributed by atoms with van der Waals surface area (Å²) in [6.45, 7) is 8.82. The van der Waals surface area contributed by atoms with Crippen molar-refractivity contribution >= 4 is 46.8 Å². The molecule has 0 radical (unpaired) electrons. The summed E-state index contributed by atoms with van der Waals surface area (Å²) in [4.78, 5) is 47.0. The van der Waals surface area contributed by atoms with Gasteiger partial charge in [-0.1, -0.05) is 23.8 Å². The lowest BCUT2D eigenvalue weighted by Crippen LogP contribution is -2.55. The highest BCUT2D eigenvalue weighted by Crippen LogP contribution is 2.66. The van der Waals surface area contributed by atoms with E-state index in [1.165, 1.54) is 0 Å². The lowest BCUT2D eigenvalue weighted by molar-refractivity contribution is -0.143. The molecule has 7 nitrogen and oxygen atoms in total. The second-order valence-corrected chi connectivity index (χ2v) is 12.1. The van der Waals surface area contributed by atoms with E-state index in [0.717, 1.165) is 19.3 Å². The second-order valence-electron chi connectivity index (χ2n) is 10.1. The van der Waals surface area contributed by atoms with Gasteiger partial charge in [0.1, 0.15) is 6.04 Å². The minimum atomic E-state index is -0.674. The van der Waals surface area contributed by atoms with Gasteiger partial charge in [-0.25, -0.2) is 0 Å². The van der Waals surface area contributed by atoms with Crippen molar-refractivity contribution in [3.8, 4) is 0 Å². The third-order valence-electron chi connectivity index (χ3n) is 7.87. The number of rotatable bonds is 12. The van der Waals surface area contributed by atoms with Crippen LogP contribution in [0.5, 0.6) is 0 Å². The van der Waals surface area contributed by atoms with Crippen LogP contribution in [0.15, 0.2) is 49.6 Å². The summed E-state index contributed by atoms with van der Waals surface area (Å²) in [5, 5.41) is 9.81. The number of aliphatic hydroxyl groups excluding tert-OH is 1. The van der Waals surface area contributed by atoms with Gasteiger partial charge in [-0.15, -0.1) is 24.9 Å². The zero-order valence-electron chi connectivity index (χ0n) is 21.4. The molecule has 200 valence electrons. The van der Waals surface area contributed by atoms with E-state index in [0.29, 0.717) is 43.2 Å². The van der Waals surface area contributed by atoms with Crippen LogP contribution >= 0.6 is 23.4 Å². The summed E-state index contributed by atoms with van der Waals surface area (Å²) in [6, 6.07) is 6.42. The number of nitrogens with zero attached hydrogens (tertiary/aromatic N) is 3. The van der Waals surface area contributed by atoms with Gasteiger partial charge in [0, 0.05) is 49.2 Å². The average Bonchev–Trinajstić information content (AvgIpc) is 3.52. The molecule has 0 aromatic heterocycles. The molecule has 3 fully saturated rings. The number of unbranched alkanes of at least 4 members (excludes halogenated alkanes) is 2. The van der Waals surface area contributed by atoms with E-state index in [9.17, 15) is 19.5 Å². The van der Waals surface area contributed by atoms with Gasteiger partial charge in [-0.3, -0.25) is 14.4 Å². The van der Waals surface area contributed by atoms with Gasteiger partial charge < -0.3 is 19.8 Å². The molecular formula is C28H36ClN3O4S. The minimum absolute atomic E-state index is 0.0175. The first kappa shape index (κ1) is 27.7. The van der Waals surface area contributed by atoms with Crippen LogP contribution < -0.4 is 4.90 Å². The Morgan fingerprint density at radius 1 is 1.16 bits per heavy atom. The fraction of sp³-hybridized carbons (Fsp3) is 0.536. The number of aliphatic hydroxyl groups is 1. The smallest absolute Gasteiger partial charge is 0.251 e. The van der Waals surface area contributed by atoms with Gasteiger partial charge in [0.05, 0.1) is 16.6 Å². The Morgan fingerprint density at radius 3 is 2.51 bits per heavy atom. The van der Waals surface area contributed by atoms with Crippen LogP contribution in [0, 0.1) is 11.8 Å². The number of benzene rings is 1. The highest BCUT2D eigenvalue weighted by atomic mass is 35.5. The molecule has 0 saturated carbocycles. The largest absolute Gasteiger partial charge is 0.396 e. The third-order valence-corrected chi connectivity index (χ3v) is 10.1. The SMILES string of the molecule is C=CCN(C)C(=O)[C@@H]1[C@@H]2CCC3(S2)C(C(=O)N(CC=C)c2ccc(Cl)cc2)N(CCCCCO)C(=O)[C@H]13. The zero-order valence-corrected chi connectivity index (χ0v) is 22.9. The van der Waals surface area contributed by atoms with E-state index in [1.54, 1.807) is 69.9 Å². The van der Waals surface area contributed by atoms with Gasteiger partial charge >= 0.3 is 0 Å². The Bertz CT molecular complexity index is 1050. The van der Waals surface area contributed by atoms with Crippen LogP contribution in [-0.2, 0) is 14.4 Å². The van der Waals surface area contributed by atoms with Crippen LogP contribution in [0.25, 0.3) is 0 Å². The molecule has 3 aliphatic heterocycles. The highest BCUT2D eigenvalue weighted by Gasteiger charge is 2.73. The first-order valence-electron chi connectivity index (χ1n) is 12.9. The van der Waals surface area contributed by atoms with Gasteiger partial charge in [0.25, 0.3) is 5.91 Å². The molecule has 3 amide bonds. The normalized spacial score (nSPS) is 27.8. The monoisotopic (exact) mass is 545 g/mol. The first-order chi connectivity index (χ1) is 17.8. The minimum Gasteiger partial charge on any atom is -0.396 e. The average molecular weight is 546 g/mol. The van der Waals surface area contributed by atoms with Crippen LogP contribution in [0.1, 0.15) is 32.1 Å². The molecule has 3 aliphatic rings. The zero-order chi connectivity index (χ0) is 26.7. The van der Waals surface area contributed by atoms with Crippen molar-refractivity contribution in [1.82, 2.24) is 9.80 Å². The number of carbonyl (C=O) groups excluding carboxylic acids is 3. The van der Waals surface area contributed by atoms with Crippen LogP contribution in [0.4, 0.5) is 5.69 Å². The number of hydrogen-bond acceptors (Lipinski definition) is 5. The van der Waals surface area contributed by atoms with Gasteiger partial charge in [-0.05, 0) is 56.4 Å². The maximum atomic E-state index is 14.4. The Morgan fingerprint density at radius 2 is 1.86 bits per heavy atom. The van der Waals surface area contributed by atoms with E-state index in [-0.39, 0.29) is 29.6 Å². The number of likely N-dealkylation sites (tertiary alicyclic amines) is 1. The molecule has 37 heavy (non-hydrogen) atoms. The molecule has 9 heteroatoms. The number of thioether (sulfide) groups is 1. The standard InChI is InChI=1S/C28H36ClN3O4S/c1-4-15-30(3)25(34)22-21-13-14-28(37-21)23(22)26(35)32(17-7-6-8-18-33)24(28)27(36)31(16-5-2)20-11-9-19(29)10-12-20/h4-5,9-12,21-24,33H,1-2,6-8,13-18H2,3H3/t21-,22+,23-,24?,28?/m0/s1. The first-order valence-corrected chi connectivity index (χ1v) is 14.2. The summed E-state index contributed by atoms with van der Waals surface area (Å²) >= 11 is 7.77. The van der Waals surface area contributed by atoms with Crippen molar-refractivity contribution in [3.05, 3.63) is 54.6 Å². The summed E-state index contributed by atoms with van der Waals surface area (Å²) < 4.78 is -0.642. The molecule has 2 unspecified atom stereocenters. The van der Waals surface area contributed by atoms with Gasteiger partial charge in [0.2, 0.25) is 11.8 Å².